The number of H-pyrrole nitrogens is 1. The van der Waals surface area contributed by atoms with Crippen LogP contribution in [0.1, 0.15) is 34.6 Å². The number of aromatic carboxylic acids is 1. The van der Waals surface area contributed by atoms with Gasteiger partial charge in [0, 0.05) is 23.4 Å². The van der Waals surface area contributed by atoms with E-state index in [2.05, 4.69) is 27.4 Å². The van der Waals surface area contributed by atoms with E-state index in [0.717, 1.165) is 15.8 Å². The largest absolute Gasteiger partial charge is 0.478 e. The molecule has 0 fully saturated rings. The Hall–Kier alpha value is -3.48. The van der Waals surface area contributed by atoms with Crippen molar-refractivity contribution in [2.75, 3.05) is 0 Å². The number of carboxylic acid groups (broad SMARTS) is 1. The molecule has 28 heavy (non-hydrogen) atoms. The zero-order valence-electron chi connectivity index (χ0n) is 15.1. The van der Waals surface area contributed by atoms with Crippen molar-refractivity contribution in [3.63, 3.8) is 0 Å². The molecule has 2 N–H and O–H groups in total. The van der Waals surface area contributed by atoms with Crippen molar-refractivity contribution in [1.82, 2.24) is 15.1 Å². The first-order valence-corrected chi connectivity index (χ1v) is 9.26. The number of carboxylic acids is 1. The summed E-state index contributed by atoms with van der Waals surface area (Å²) in [7, 11) is 0. The number of fused-ring (bicyclic) bond motifs is 1. The lowest BCUT2D eigenvalue weighted by Crippen LogP contribution is -2.08. The van der Waals surface area contributed by atoms with Crippen molar-refractivity contribution in [2.24, 2.45) is 0 Å². The van der Waals surface area contributed by atoms with Crippen molar-refractivity contribution in [1.29, 1.82) is 0 Å². The van der Waals surface area contributed by atoms with Crippen LogP contribution in [-0.4, -0.2) is 26.2 Å². The van der Waals surface area contributed by atoms with Crippen LogP contribution in [0.4, 0.5) is 0 Å². The maximum Gasteiger partial charge on any atom is 0.338 e. The summed E-state index contributed by atoms with van der Waals surface area (Å²) in [6.07, 6.45) is 8.09. The second-order valence-electron chi connectivity index (χ2n) is 5.94. The van der Waals surface area contributed by atoms with Crippen LogP contribution >= 0.6 is 11.3 Å². The number of pyridine rings is 1. The molecule has 3 aromatic heterocycles. The van der Waals surface area contributed by atoms with Crippen molar-refractivity contribution in [3.8, 4) is 0 Å². The number of carbonyl (C=O) groups is 1. The van der Waals surface area contributed by atoms with E-state index < -0.39 is 5.97 Å². The van der Waals surface area contributed by atoms with E-state index in [9.17, 15) is 14.7 Å². The topological polar surface area (TPSA) is 109 Å². The van der Waals surface area contributed by atoms with Crippen LogP contribution in [-0.2, 0) is 12.8 Å². The molecule has 0 aliphatic carbocycles. The lowest BCUT2D eigenvalue weighted by atomic mass is 10.1. The second kappa shape index (κ2) is 8.47. The SMILES string of the molecule is C=C=C/C=C\C=C(/C)c1nc(CCc2cc(=O)[nH]c3c(C(=O)O)csc23)no1. The first-order valence-electron chi connectivity index (χ1n) is 8.38. The van der Waals surface area contributed by atoms with Crippen LogP contribution < -0.4 is 5.56 Å². The molecular weight excluding hydrogens is 378 g/mol. The Morgan fingerprint density at radius 1 is 1.43 bits per heavy atom. The van der Waals surface area contributed by atoms with Crippen LogP contribution in [0.3, 0.4) is 0 Å². The molecule has 0 bridgehead atoms. The summed E-state index contributed by atoms with van der Waals surface area (Å²) >= 11 is 1.29. The summed E-state index contributed by atoms with van der Waals surface area (Å²) in [6.45, 7) is 5.34. The third-order valence-electron chi connectivity index (χ3n) is 3.96. The zero-order valence-corrected chi connectivity index (χ0v) is 15.9. The molecule has 7 nitrogen and oxygen atoms in total. The van der Waals surface area contributed by atoms with Gasteiger partial charge in [-0.2, -0.15) is 4.98 Å². The van der Waals surface area contributed by atoms with Gasteiger partial charge in [0.15, 0.2) is 5.82 Å². The van der Waals surface area contributed by atoms with Gasteiger partial charge in [0.1, 0.15) is 0 Å². The molecule has 142 valence electrons. The Balaban J connectivity index is 1.78. The van der Waals surface area contributed by atoms with Crippen molar-refractivity contribution < 1.29 is 14.4 Å². The van der Waals surface area contributed by atoms with Gasteiger partial charge in [-0.25, -0.2) is 4.79 Å². The molecule has 0 saturated heterocycles. The van der Waals surface area contributed by atoms with E-state index in [1.165, 1.54) is 22.8 Å². The number of nitrogens with zero attached hydrogens (tertiary/aromatic N) is 2. The van der Waals surface area contributed by atoms with Gasteiger partial charge in [0.25, 0.3) is 5.89 Å². The predicted octanol–water partition coefficient (Wildman–Crippen LogP) is 3.76. The molecule has 0 spiro atoms. The zero-order chi connectivity index (χ0) is 20.1. The number of nitrogens with one attached hydrogen (secondary N) is 1. The summed E-state index contributed by atoms with van der Waals surface area (Å²) < 4.78 is 6.02. The van der Waals surface area contributed by atoms with Crippen molar-refractivity contribution >= 4 is 33.1 Å². The number of rotatable bonds is 7. The lowest BCUT2D eigenvalue weighted by Gasteiger charge is -2.01. The predicted molar refractivity (Wildman–Crippen MR) is 108 cm³/mol. The normalized spacial score (nSPS) is 11.8. The quantitative estimate of drug-likeness (QED) is 0.466. The molecule has 3 rings (SSSR count). The third-order valence-corrected chi connectivity index (χ3v) is 5.02. The summed E-state index contributed by atoms with van der Waals surface area (Å²) in [6, 6.07) is 1.48. The lowest BCUT2D eigenvalue weighted by molar-refractivity contribution is 0.0699. The molecule has 0 radical (unpaired) electrons. The molecule has 0 aliphatic rings. The van der Waals surface area contributed by atoms with Crippen molar-refractivity contribution in [2.45, 2.75) is 19.8 Å². The molecule has 3 aromatic rings. The molecule has 0 unspecified atom stereocenters. The average Bonchev–Trinajstić information content (AvgIpc) is 3.30. The van der Waals surface area contributed by atoms with Gasteiger partial charge in [0.2, 0.25) is 5.56 Å². The van der Waals surface area contributed by atoms with Gasteiger partial charge < -0.3 is 14.6 Å². The number of aromatic amines is 1. The molecule has 0 saturated carbocycles. The number of hydrogen-bond acceptors (Lipinski definition) is 6. The van der Waals surface area contributed by atoms with Crippen LogP contribution in [0.25, 0.3) is 15.8 Å². The maximum atomic E-state index is 11.9. The Bertz CT molecular complexity index is 1190. The van der Waals surface area contributed by atoms with E-state index in [0.29, 0.717) is 30.1 Å². The van der Waals surface area contributed by atoms with Crippen molar-refractivity contribution in [3.05, 3.63) is 81.3 Å². The smallest absolute Gasteiger partial charge is 0.338 e. The molecule has 0 amide bonds. The molecular formula is C20H17N3O4S. The fraction of sp³-hybridized carbons (Fsp3) is 0.150. The highest BCUT2D eigenvalue weighted by Crippen LogP contribution is 2.27. The first kappa shape index (κ1) is 19.3. The fourth-order valence-electron chi connectivity index (χ4n) is 2.60. The maximum absolute atomic E-state index is 11.9. The molecule has 8 heteroatoms. The number of aryl methyl sites for hydroxylation is 2. The minimum atomic E-state index is -1.07. The van der Waals surface area contributed by atoms with Gasteiger partial charge in [-0.05, 0) is 25.0 Å². The minimum Gasteiger partial charge on any atom is -0.478 e. The summed E-state index contributed by atoms with van der Waals surface area (Å²) in [5.41, 5.74) is 4.33. The summed E-state index contributed by atoms with van der Waals surface area (Å²) in [5, 5.41) is 14.7. The summed E-state index contributed by atoms with van der Waals surface area (Å²) in [4.78, 5) is 30.2. The van der Waals surface area contributed by atoms with Crippen LogP contribution in [0.5, 0.6) is 0 Å². The number of thiophene rings is 1. The third kappa shape index (κ3) is 4.25. The van der Waals surface area contributed by atoms with Crippen LogP contribution in [0, 0.1) is 0 Å². The van der Waals surface area contributed by atoms with E-state index in [1.807, 2.05) is 19.1 Å². The highest BCUT2D eigenvalue weighted by atomic mass is 32.1. The first-order chi connectivity index (χ1) is 13.5. The Morgan fingerprint density at radius 2 is 2.25 bits per heavy atom. The summed E-state index contributed by atoms with van der Waals surface area (Å²) in [5.74, 6) is -0.134. The highest BCUT2D eigenvalue weighted by Gasteiger charge is 2.16. The number of allylic oxidation sites excluding steroid dienone is 5. The van der Waals surface area contributed by atoms with E-state index in [1.54, 1.807) is 12.2 Å². The van der Waals surface area contributed by atoms with E-state index in [-0.39, 0.29) is 11.1 Å². The van der Waals surface area contributed by atoms with E-state index >= 15 is 0 Å². The molecule has 0 atom stereocenters. The highest BCUT2D eigenvalue weighted by molar-refractivity contribution is 7.17. The van der Waals surface area contributed by atoms with Gasteiger partial charge >= 0.3 is 5.97 Å². The monoisotopic (exact) mass is 395 g/mol. The Kier molecular flexibility index (Phi) is 5.84. The van der Waals surface area contributed by atoms with Gasteiger partial charge in [-0.3, -0.25) is 4.79 Å². The van der Waals surface area contributed by atoms with Crippen LogP contribution in [0.2, 0.25) is 0 Å². The van der Waals surface area contributed by atoms with Crippen LogP contribution in [0.15, 0.2) is 57.4 Å². The number of aromatic nitrogens is 3. The van der Waals surface area contributed by atoms with E-state index in [4.69, 9.17) is 4.52 Å². The van der Waals surface area contributed by atoms with Gasteiger partial charge in [-0.15, -0.1) is 17.1 Å². The molecule has 0 aliphatic heterocycles. The second-order valence-corrected chi connectivity index (χ2v) is 6.82. The minimum absolute atomic E-state index is 0.0981. The fourth-order valence-corrected chi connectivity index (χ4v) is 3.65. The Labute approximate surface area is 164 Å². The van der Waals surface area contributed by atoms with Gasteiger partial charge in [0.05, 0.1) is 15.8 Å². The molecule has 3 heterocycles. The standard InChI is InChI=1S/C20H17N3O4S/c1-3-4-5-6-7-12(2)19-21-15(23-27-19)9-8-13-10-16(24)22-17-14(20(25)26)11-28-18(13)17/h4-7,10-11H,1,8-9H2,2H3,(H,22,24)(H,25,26)/b6-5-,12-7+. The number of hydrogen-bond donors (Lipinski definition) is 2. The molecule has 0 aromatic carbocycles. The average molecular weight is 395 g/mol. The van der Waals surface area contributed by atoms with Gasteiger partial charge in [-0.1, -0.05) is 30.0 Å². The Morgan fingerprint density at radius 3 is 3.00 bits per heavy atom.